The molecule has 1 aromatic rings. The predicted molar refractivity (Wildman–Crippen MR) is 86.2 cm³/mol. The molecule has 1 aromatic heterocycles. The maximum absolute atomic E-state index is 13.3. The minimum Gasteiger partial charge on any atom is -0.381 e. The summed E-state index contributed by atoms with van der Waals surface area (Å²) in [4.78, 5) is 22.0. The van der Waals surface area contributed by atoms with Gasteiger partial charge in [0.25, 0.3) is 0 Å². The molecule has 24 heavy (non-hydrogen) atoms. The van der Waals surface area contributed by atoms with Crippen molar-refractivity contribution in [3.8, 4) is 0 Å². The monoisotopic (exact) mass is 334 g/mol. The van der Waals surface area contributed by atoms with Crippen LogP contribution >= 0.6 is 0 Å². The van der Waals surface area contributed by atoms with Crippen molar-refractivity contribution >= 4 is 5.91 Å². The molecule has 3 fully saturated rings. The van der Waals surface area contributed by atoms with Crippen LogP contribution < -0.4 is 0 Å². The highest BCUT2D eigenvalue weighted by Crippen LogP contribution is 2.41. The van der Waals surface area contributed by atoms with Crippen LogP contribution in [-0.2, 0) is 16.1 Å². The average molecular weight is 334 g/mol. The summed E-state index contributed by atoms with van der Waals surface area (Å²) in [6, 6.07) is 0.373. The summed E-state index contributed by atoms with van der Waals surface area (Å²) in [7, 11) is 0. The fourth-order valence-electron chi connectivity index (χ4n) is 4.52. The smallest absolute Gasteiger partial charge is 0.230 e. The van der Waals surface area contributed by atoms with E-state index in [4.69, 9.17) is 9.26 Å². The Balaban J connectivity index is 1.43. The molecule has 4 rings (SSSR count). The largest absolute Gasteiger partial charge is 0.381 e. The number of carbonyl (C=O) groups excluding carboxylic acids is 1. The SMILES string of the molecule is Cc1nc(CN2CC[C@]3(CCCN(C4CCOCC4)C3=O)C2)no1. The Morgan fingerprint density at radius 3 is 2.83 bits per heavy atom. The Bertz CT molecular complexity index is 598. The Morgan fingerprint density at radius 1 is 1.25 bits per heavy atom. The van der Waals surface area contributed by atoms with Gasteiger partial charge in [-0.2, -0.15) is 4.98 Å². The third-order valence-corrected chi connectivity index (χ3v) is 5.77. The molecule has 4 heterocycles. The van der Waals surface area contributed by atoms with E-state index in [1.165, 1.54) is 0 Å². The first-order chi connectivity index (χ1) is 11.7. The zero-order chi connectivity index (χ0) is 16.6. The number of hydrogen-bond donors (Lipinski definition) is 0. The van der Waals surface area contributed by atoms with Gasteiger partial charge in [0, 0.05) is 39.3 Å². The minimum absolute atomic E-state index is 0.199. The van der Waals surface area contributed by atoms with Crippen LogP contribution in [0.4, 0.5) is 0 Å². The molecule has 0 unspecified atom stereocenters. The van der Waals surface area contributed by atoms with Crippen LogP contribution in [0.2, 0.25) is 0 Å². The first-order valence-electron chi connectivity index (χ1n) is 9.07. The number of piperidine rings is 1. The fraction of sp³-hybridized carbons (Fsp3) is 0.824. The lowest BCUT2D eigenvalue weighted by atomic mass is 9.77. The topological polar surface area (TPSA) is 71.7 Å². The molecule has 0 aliphatic carbocycles. The number of rotatable bonds is 3. The molecule has 3 saturated heterocycles. The van der Waals surface area contributed by atoms with E-state index < -0.39 is 0 Å². The summed E-state index contributed by atoms with van der Waals surface area (Å²) in [5, 5.41) is 3.98. The van der Waals surface area contributed by atoms with Gasteiger partial charge in [-0.05, 0) is 38.6 Å². The van der Waals surface area contributed by atoms with E-state index in [1.807, 2.05) is 0 Å². The first-order valence-corrected chi connectivity index (χ1v) is 9.07. The van der Waals surface area contributed by atoms with Crippen molar-refractivity contribution in [1.82, 2.24) is 19.9 Å². The molecule has 0 aromatic carbocycles. The second-order valence-corrected chi connectivity index (χ2v) is 7.42. The highest BCUT2D eigenvalue weighted by atomic mass is 16.5. The highest BCUT2D eigenvalue weighted by Gasteiger charge is 2.49. The van der Waals surface area contributed by atoms with Crippen molar-refractivity contribution < 1.29 is 14.1 Å². The van der Waals surface area contributed by atoms with E-state index in [9.17, 15) is 4.79 Å². The molecule has 1 atom stereocenters. The minimum atomic E-state index is -0.199. The van der Waals surface area contributed by atoms with Crippen molar-refractivity contribution in [2.45, 2.75) is 51.6 Å². The Morgan fingerprint density at radius 2 is 2.08 bits per heavy atom. The number of hydrogen-bond acceptors (Lipinski definition) is 6. The van der Waals surface area contributed by atoms with Gasteiger partial charge in [0.1, 0.15) is 0 Å². The summed E-state index contributed by atoms with van der Waals surface area (Å²) < 4.78 is 10.5. The number of aryl methyl sites for hydroxylation is 1. The molecule has 0 radical (unpaired) electrons. The van der Waals surface area contributed by atoms with Gasteiger partial charge in [-0.3, -0.25) is 9.69 Å². The summed E-state index contributed by atoms with van der Waals surface area (Å²) >= 11 is 0. The number of carbonyl (C=O) groups is 1. The zero-order valence-corrected chi connectivity index (χ0v) is 14.4. The number of aromatic nitrogens is 2. The van der Waals surface area contributed by atoms with Crippen LogP contribution in [0.5, 0.6) is 0 Å². The zero-order valence-electron chi connectivity index (χ0n) is 14.4. The van der Waals surface area contributed by atoms with E-state index in [1.54, 1.807) is 6.92 Å². The first kappa shape index (κ1) is 16.0. The van der Waals surface area contributed by atoms with Gasteiger partial charge in [-0.25, -0.2) is 0 Å². The van der Waals surface area contributed by atoms with E-state index in [0.717, 1.165) is 65.0 Å². The number of likely N-dealkylation sites (tertiary alicyclic amines) is 2. The van der Waals surface area contributed by atoms with Crippen molar-refractivity contribution in [2.75, 3.05) is 32.8 Å². The lowest BCUT2D eigenvalue weighted by molar-refractivity contribution is -0.150. The number of amides is 1. The van der Waals surface area contributed by atoms with Crippen LogP contribution in [-0.4, -0.2) is 64.7 Å². The summed E-state index contributed by atoms with van der Waals surface area (Å²) in [6.45, 7) is 6.70. The standard InChI is InChI=1S/C17H26N4O3/c1-13-18-15(19-24-13)11-20-8-6-17(12-20)5-2-7-21(16(17)22)14-3-9-23-10-4-14/h14H,2-12H2,1H3/t17-/m1/s1. The predicted octanol–water partition coefficient (Wildman–Crippen LogP) is 1.37. The van der Waals surface area contributed by atoms with Gasteiger partial charge in [-0.15, -0.1) is 0 Å². The van der Waals surface area contributed by atoms with Crippen molar-refractivity contribution in [3.05, 3.63) is 11.7 Å². The quantitative estimate of drug-likeness (QED) is 0.831. The molecule has 132 valence electrons. The van der Waals surface area contributed by atoms with Crippen molar-refractivity contribution in [1.29, 1.82) is 0 Å². The van der Waals surface area contributed by atoms with Crippen molar-refractivity contribution in [3.63, 3.8) is 0 Å². The Labute approximate surface area is 142 Å². The second-order valence-electron chi connectivity index (χ2n) is 7.42. The fourth-order valence-corrected chi connectivity index (χ4v) is 4.52. The summed E-state index contributed by atoms with van der Waals surface area (Å²) in [5.74, 6) is 1.68. The Hall–Kier alpha value is -1.47. The second kappa shape index (κ2) is 6.44. The highest BCUT2D eigenvalue weighted by molar-refractivity contribution is 5.84. The molecule has 0 saturated carbocycles. The van der Waals surface area contributed by atoms with Gasteiger partial charge in [0.2, 0.25) is 11.8 Å². The van der Waals surface area contributed by atoms with E-state index in [-0.39, 0.29) is 5.41 Å². The van der Waals surface area contributed by atoms with E-state index in [0.29, 0.717) is 30.2 Å². The molecule has 0 bridgehead atoms. The van der Waals surface area contributed by atoms with Crippen LogP contribution in [0.3, 0.4) is 0 Å². The molecule has 7 heteroatoms. The molecular weight excluding hydrogens is 308 g/mol. The van der Waals surface area contributed by atoms with Crippen molar-refractivity contribution in [2.24, 2.45) is 5.41 Å². The summed E-state index contributed by atoms with van der Waals surface area (Å²) in [5.41, 5.74) is -0.199. The third kappa shape index (κ3) is 2.95. The maximum Gasteiger partial charge on any atom is 0.230 e. The lowest BCUT2D eigenvalue weighted by Gasteiger charge is -2.44. The van der Waals surface area contributed by atoms with Crippen LogP contribution in [0, 0.1) is 12.3 Å². The average Bonchev–Trinajstić information content (AvgIpc) is 3.19. The normalized spacial score (nSPS) is 29.7. The van der Waals surface area contributed by atoms with Gasteiger partial charge in [-0.1, -0.05) is 5.16 Å². The number of ether oxygens (including phenoxy) is 1. The van der Waals surface area contributed by atoms with Crippen LogP contribution in [0.25, 0.3) is 0 Å². The molecule has 3 aliphatic rings. The molecule has 1 amide bonds. The molecule has 1 spiro atoms. The Kier molecular flexibility index (Phi) is 4.30. The molecular formula is C17H26N4O3. The van der Waals surface area contributed by atoms with Gasteiger partial charge in [0.15, 0.2) is 5.82 Å². The lowest BCUT2D eigenvalue weighted by Crippen LogP contribution is -2.54. The summed E-state index contributed by atoms with van der Waals surface area (Å²) in [6.07, 6.45) is 5.02. The third-order valence-electron chi connectivity index (χ3n) is 5.77. The van der Waals surface area contributed by atoms with E-state index in [2.05, 4.69) is 19.9 Å². The van der Waals surface area contributed by atoms with Crippen LogP contribution in [0.1, 0.15) is 43.8 Å². The maximum atomic E-state index is 13.3. The van der Waals surface area contributed by atoms with Gasteiger partial charge < -0.3 is 14.2 Å². The van der Waals surface area contributed by atoms with Crippen LogP contribution in [0.15, 0.2) is 4.52 Å². The number of nitrogens with zero attached hydrogens (tertiary/aromatic N) is 4. The molecule has 7 nitrogen and oxygen atoms in total. The van der Waals surface area contributed by atoms with E-state index >= 15 is 0 Å². The molecule has 0 N–H and O–H groups in total. The van der Waals surface area contributed by atoms with Gasteiger partial charge in [0.05, 0.1) is 12.0 Å². The van der Waals surface area contributed by atoms with Gasteiger partial charge >= 0.3 is 0 Å². The molecule has 3 aliphatic heterocycles.